The fourth-order valence-corrected chi connectivity index (χ4v) is 5.62. The van der Waals surface area contributed by atoms with Crippen LogP contribution in [-0.4, -0.2) is 56.0 Å². The van der Waals surface area contributed by atoms with Crippen molar-refractivity contribution in [2.75, 3.05) is 32.8 Å². The second-order valence-corrected chi connectivity index (χ2v) is 9.90. The van der Waals surface area contributed by atoms with Crippen molar-refractivity contribution in [3.8, 4) is 0 Å². The molecule has 3 fully saturated rings. The molecule has 3 aliphatic rings. The van der Waals surface area contributed by atoms with Crippen LogP contribution in [0.1, 0.15) is 31.0 Å². The molecule has 1 saturated carbocycles. The molecule has 2 aromatic heterocycles. The largest absolute Gasteiger partial charge is 0.381 e. The molecule has 2 N–H and O–H groups in total. The van der Waals surface area contributed by atoms with Crippen molar-refractivity contribution >= 4 is 21.1 Å². The first-order chi connectivity index (χ1) is 13.0. The Morgan fingerprint density at radius 3 is 2.93 bits per heavy atom. The molecule has 0 spiro atoms. The number of aryl methyl sites for hydroxylation is 1. The Bertz CT molecular complexity index is 982. The third-order valence-corrected chi connectivity index (χ3v) is 7.76. The molecule has 2 saturated heterocycles. The molecule has 27 heavy (non-hydrogen) atoms. The minimum atomic E-state index is -3.58. The highest BCUT2D eigenvalue weighted by atomic mass is 32.2. The van der Waals surface area contributed by atoms with Crippen LogP contribution in [0.15, 0.2) is 17.2 Å². The maximum Gasteiger partial charge on any atom is 0.242 e. The number of aromatic nitrogens is 3. The number of piperidine rings is 1. The third-order valence-electron chi connectivity index (χ3n) is 6.39. The zero-order valence-electron chi connectivity index (χ0n) is 15.4. The van der Waals surface area contributed by atoms with Gasteiger partial charge in [-0.2, -0.15) is 5.10 Å². The summed E-state index contributed by atoms with van der Waals surface area (Å²) in [4.78, 5) is 4.69. The van der Waals surface area contributed by atoms with Gasteiger partial charge in [0.25, 0.3) is 0 Å². The molecule has 0 aromatic carbocycles. The van der Waals surface area contributed by atoms with Crippen molar-refractivity contribution in [3.05, 3.63) is 18.0 Å². The standard InChI is InChI=1S/C18H25N5O3S/c1-12-16-6-15(27(24,25)21-11-18-7-13(18)8-19-10-18)9-20-17(16)23(22-12)14-2-4-26-5-3-14/h6,9,13-14,19,21H,2-5,7-8,10-11H2,1H3. The van der Waals surface area contributed by atoms with Gasteiger partial charge < -0.3 is 10.1 Å². The van der Waals surface area contributed by atoms with Gasteiger partial charge in [0.2, 0.25) is 10.0 Å². The van der Waals surface area contributed by atoms with E-state index in [-0.39, 0.29) is 16.4 Å². The van der Waals surface area contributed by atoms with Crippen LogP contribution in [0.4, 0.5) is 0 Å². The number of rotatable bonds is 5. The fraction of sp³-hybridized carbons (Fsp3) is 0.667. The zero-order chi connectivity index (χ0) is 18.6. The van der Waals surface area contributed by atoms with E-state index in [1.807, 2.05) is 11.6 Å². The van der Waals surface area contributed by atoms with E-state index in [1.165, 1.54) is 6.20 Å². The zero-order valence-corrected chi connectivity index (χ0v) is 16.3. The first-order valence-corrected chi connectivity index (χ1v) is 11.1. The first-order valence-electron chi connectivity index (χ1n) is 9.62. The number of hydrogen-bond donors (Lipinski definition) is 2. The second kappa shape index (κ2) is 6.23. The van der Waals surface area contributed by atoms with E-state index in [2.05, 4.69) is 20.1 Å². The maximum atomic E-state index is 12.8. The average molecular weight is 391 g/mol. The summed E-state index contributed by atoms with van der Waals surface area (Å²) in [6.45, 7) is 5.74. The van der Waals surface area contributed by atoms with Crippen LogP contribution in [0.3, 0.4) is 0 Å². The number of ether oxygens (including phenoxy) is 1. The Morgan fingerprint density at radius 1 is 1.41 bits per heavy atom. The molecule has 5 rings (SSSR count). The minimum absolute atomic E-state index is 0.119. The lowest BCUT2D eigenvalue weighted by Gasteiger charge is -2.22. The smallest absolute Gasteiger partial charge is 0.242 e. The Morgan fingerprint density at radius 2 is 2.22 bits per heavy atom. The van der Waals surface area contributed by atoms with Crippen molar-refractivity contribution in [2.45, 2.75) is 37.1 Å². The molecule has 2 unspecified atom stereocenters. The Kier molecular flexibility index (Phi) is 4.05. The van der Waals surface area contributed by atoms with Crippen molar-refractivity contribution in [1.29, 1.82) is 0 Å². The summed E-state index contributed by atoms with van der Waals surface area (Å²) >= 11 is 0. The second-order valence-electron chi connectivity index (χ2n) is 8.13. The lowest BCUT2D eigenvalue weighted by molar-refractivity contribution is 0.0672. The normalized spacial score (nSPS) is 28.6. The number of sulfonamides is 1. The quantitative estimate of drug-likeness (QED) is 0.788. The van der Waals surface area contributed by atoms with Crippen LogP contribution in [0.25, 0.3) is 11.0 Å². The van der Waals surface area contributed by atoms with Crippen molar-refractivity contribution in [1.82, 2.24) is 24.8 Å². The van der Waals surface area contributed by atoms with E-state index in [4.69, 9.17) is 4.74 Å². The van der Waals surface area contributed by atoms with E-state index in [1.54, 1.807) is 6.07 Å². The van der Waals surface area contributed by atoms with Gasteiger partial charge in [-0.25, -0.2) is 22.8 Å². The van der Waals surface area contributed by atoms with Gasteiger partial charge in [-0.1, -0.05) is 0 Å². The maximum absolute atomic E-state index is 12.8. The van der Waals surface area contributed by atoms with Crippen LogP contribution in [0.5, 0.6) is 0 Å². The van der Waals surface area contributed by atoms with E-state index in [0.29, 0.717) is 12.5 Å². The van der Waals surface area contributed by atoms with Gasteiger partial charge in [-0.05, 0) is 44.7 Å². The Labute approximate surface area is 158 Å². The van der Waals surface area contributed by atoms with Gasteiger partial charge in [-0.3, -0.25) is 0 Å². The topological polar surface area (TPSA) is 98.1 Å². The number of nitrogens with zero attached hydrogens (tertiary/aromatic N) is 3. The summed E-state index contributed by atoms with van der Waals surface area (Å²) in [5.41, 5.74) is 1.68. The Hall–Kier alpha value is -1.55. The molecule has 4 heterocycles. The minimum Gasteiger partial charge on any atom is -0.381 e. The van der Waals surface area contributed by atoms with Gasteiger partial charge in [0.15, 0.2) is 5.65 Å². The van der Waals surface area contributed by atoms with Crippen LogP contribution >= 0.6 is 0 Å². The molecular formula is C18H25N5O3S. The first kappa shape index (κ1) is 17.5. The number of fused-ring (bicyclic) bond motifs is 2. The summed E-state index contributed by atoms with van der Waals surface area (Å²) in [5, 5.41) is 8.78. The molecule has 9 heteroatoms. The molecule has 0 radical (unpaired) electrons. The summed E-state index contributed by atoms with van der Waals surface area (Å²) in [7, 11) is -3.58. The number of pyridine rings is 1. The van der Waals surface area contributed by atoms with Crippen LogP contribution in [-0.2, 0) is 14.8 Å². The van der Waals surface area contributed by atoms with Crippen LogP contribution < -0.4 is 10.0 Å². The van der Waals surface area contributed by atoms with Crippen molar-refractivity contribution in [2.24, 2.45) is 11.3 Å². The highest BCUT2D eigenvalue weighted by Gasteiger charge is 2.57. The molecule has 0 bridgehead atoms. The molecule has 2 aromatic rings. The van der Waals surface area contributed by atoms with E-state index in [9.17, 15) is 8.42 Å². The third kappa shape index (κ3) is 2.97. The molecule has 0 amide bonds. The number of hydrogen-bond acceptors (Lipinski definition) is 6. The summed E-state index contributed by atoms with van der Waals surface area (Å²) in [6, 6.07) is 1.96. The summed E-state index contributed by atoms with van der Waals surface area (Å²) < 4.78 is 35.8. The van der Waals surface area contributed by atoms with Gasteiger partial charge in [0.05, 0.1) is 11.7 Å². The molecule has 2 aliphatic heterocycles. The van der Waals surface area contributed by atoms with Gasteiger partial charge >= 0.3 is 0 Å². The van der Waals surface area contributed by atoms with E-state index < -0.39 is 10.0 Å². The lowest BCUT2D eigenvalue weighted by atomic mass is 10.1. The monoisotopic (exact) mass is 391 g/mol. The predicted octanol–water partition coefficient (Wildman–Crippen LogP) is 0.979. The predicted molar refractivity (Wildman–Crippen MR) is 100.0 cm³/mol. The SMILES string of the molecule is Cc1nn(C2CCOCC2)c2ncc(S(=O)(=O)NCC34CNCC3C4)cc12. The Balaban J connectivity index is 1.41. The highest BCUT2D eigenvalue weighted by Crippen LogP contribution is 2.54. The van der Waals surface area contributed by atoms with Gasteiger partial charge in [0.1, 0.15) is 4.90 Å². The molecule has 2 atom stereocenters. The van der Waals surface area contributed by atoms with Crippen LogP contribution in [0.2, 0.25) is 0 Å². The molecule has 1 aliphatic carbocycles. The number of nitrogens with one attached hydrogen (secondary N) is 2. The average Bonchev–Trinajstić information content (AvgIpc) is 3.05. The van der Waals surface area contributed by atoms with Gasteiger partial charge in [-0.15, -0.1) is 0 Å². The fourth-order valence-electron chi connectivity index (χ4n) is 4.51. The van der Waals surface area contributed by atoms with Crippen molar-refractivity contribution in [3.63, 3.8) is 0 Å². The van der Waals surface area contributed by atoms with E-state index >= 15 is 0 Å². The molecular weight excluding hydrogens is 366 g/mol. The molecule has 8 nitrogen and oxygen atoms in total. The van der Waals surface area contributed by atoms with E-state index in [0.717, 1.165) is 62.3 Å². The lowest BCUT2D eigenvalue weighted by Crippen LogP contribution is -2.33. The summed E-state index contributed by atoms with van der Waals surface area (Å²) in [5.74, 6) is 0.612. The summed E-state index contributed by atoms with van der Waals surface area (Å²) in [6.07, 6.45) is 4.36. The van der Waals surface area contributed by atoms with Gasteiger partial charge in [0, 0.05) is 43.3 Å². The van der Waals surface area contributed by atoms with Crippen LogP contribution in [0, 0.1) is 18.3 Å². The molecule has 146 valence electrons. The highest BCUT2D eigenvalue weighted by molar-refractivity contribution is 7.89. The van der Waals surface area contributed by atoms with Crippen molar-refractivity contribution < 1.29 is 13.2 Å².